The van der Waals surface area contributed by atoms with Crippen molar-refractivity contribution < 1.29 is 13.9 Å². The summed E-state index contributed by atoms with van der Waals surface area (Å²) in [6.07, 6.45) is 1.66. The normalized spacial score (nSPS) is 16.3. The number of halogens is 1. The first-order valence-corrected chi connectivity index (χ1v) is 11.1. The first-order chi connectivity index (χ1) is 15.1. The molecule has 1 aromatic carbocycles. The van der Waals surface area contributed by atoms with Crippen LogP contribution in [0.4, 0.5) is 15.3 Å². The lowest BCUT2D eigenvalue weighted by Crippen LogP contribution is -2.42. The minimum atomic E-state index is -0.271. The first-order valence-electron chi connectivity index (χ1n) is 10.2. The van der Waals surface area contributed by atoms with E-state index in [0.717, 1.165) is 29.1 Å². The minimum Gasteiger partial charge on any atom is -0.368 e. The number of nitrogens with zero attached hydrogens (tertiary/aromatic N) is 4. The maximum Gasteiger partial charge on any atom is 0.222 e. The minimum absolute atomic E-state index is 0.106. The van der Waals surface area contributed by atoms with Crippen LogP contribution in [0.5, 0.6) is 0 Å². The smallest absolute Gasteiger partial charge is 0.222 e. The van der Waals surface area contributed by atoms with Crippen LogP contribution in [-0.2, 0) is 16.0 Å². The van der Waals surface area contributed by atoms with Gasteiger partial charge < -0.3 is 15.0 Å². The van der Waals surface area contributed by atoms with Crippen molar-refractivity contribution in [3.63, 3.8) is 0 Å². The zero-order valence-corrected chi connectivity index (χ0v) is 18.1. The summed E-state index contributed by atoms with van der Waals surface area (Å²) >= 11 is 1.46. The number of morpholine rings is 1. The monoisotopic (exact) mass is 441 g/mol. The van der Waals surface area contributed by atoms with Gasteiger partial charge in [0.25, 0.3) is 0 Å². The van der Waals surface area contributed by atoms with Crippen LogP contribution < -0.4 is 5.32 Å². The van der Waals surface area contributed by atoms with Gasteiger partial charge in [0.2, 0.25) is 11.0 Å². The number of amides is 1. The van der Waals surface area contributed by atoms with Crippen molar-refractivity contribution in [2.45, 2.75) is 32.3 Å². The van der Waals surface area contributed by atoms with E-state index >= 15 is 0 Å². The maximum atomic E-state index is 13.0. The molecule has 1 N–H and O–H groups in total. The number of aromatic nitrogens is 3. The van der Waals surface area contributed by atoms with Gasteiger partial charge in [-0.1, -0.05) is 29.5 Å². The van der Waals surface area contributed by atoms with Gasteiger partial charge in [0.15, 0.2) is 0 Å². The fourth-order valence-electron chi connectivity index (χ4n) is 3.46. The second kappa shape index (κ2) is 9.93. The number of carbonyl (C=O) groups excluding carboxylic acids is 1. The summed E-state index contributed by atoms with van der Waals surface area (Å²) in [6.45, 7) is 3.43. The third-order valence-electron chi connectivity index (χ3n) is 5.05. The fraction of sp³-hybridized carbons (Fsp3) is 0.364. The van der Waals surface area contributed by atoms with Crippen LogP contribution in [0, 0.1) is 12.7 Å². The molecule has 1 fully saturated rings. The molecule has 1 atom stereocenters. The third kappa shape index (κ3) is 5.83. The molecule has 0 bridgehead atoms. The molecule has 1 aliphatic rings. The van der Waals surface area contributed by atoms with Crippen molar-refractivity contribution in [2.75, 3.05) is 25.0 Å². The number of hydrogen-bond donors (Lipinski definition) is 1. The highest BCUT2D eigenvalue weighted by molar-refractivity contribution is 7.15. The van der Waals surface area contributed by atoms with Gasteiger partial charge in [-0.25, -0.2) is 9.37 Å². The van der Waals surface area contributed by atoms with Crippen LogP contribution in [0.2, 0.25) is 0 Å². The van der Waals surface area contributed by atoms with Crippen molar-refractivity contribution >= 4 is 28.2 Å². The number of hydrogen-bond acceptors (Lipinski definition) is 7. The maximum absolute atomic E-state index is 13.0. The molecule has 4 rings (SSSR count). The molecule has 0 spiro atoms. The van der Waals surface area contributed by atoms with E-state index in [0.29, 0.717) is 37.1 Å². The average Bonchev–Trinajstić information content (AvgIpc) is 3.20. The molecular formula is C22H24FN5O2S. The highest BCUT2D eigenvalue weighted by atomic mass is 32.1. The highest BCUT2D eigenvalue weighted by Gasteiger charge is 2.26. The number of carbonyl (C=O) groups is 1. The summed E-state index contributed by atoms with van der Waals surface area (Å²) in [5.74, 6) is 0.527. The molecule has 0 unspecified atom stereocenters. The van der Waals surface area contributed by atoms with Crippen molar-refractivity contribution in [1.29, 1.82) is 0 Å². The molecule has 1 saturated heterocycles. The SMILES string of the molecule is Cc1nnc(Nc2cccc([C@H]3CN(C(=O)CCCc4ccc(F)cc4)CCO3)n2)s1. The number of pyridine rings is 1. The number of anilines is 2. The van der Waals surface area contributed by atoms with Crippen LogP contribution in [0.15, 0.2) is 42.5 Å². The Hall–Kier alpha value is -2.91. The van der Waals surface area contributed by atoms with Crippen LogP contribution in [0.1, 0.15) is 35.2 Å². The quantitative estimate of drug-likeness (QED) is 0.596. The summed E-state index contributed by atoms with van der Waals surface area (Å²) in [6, 6.07) is 12.1. The zero-order valence-electron chi connectivity index (χ0n) is 17.3. The Labute approximate surface area is 184 Å². The van der Waals surface area contributed by atoms with E-state index in [-0.39, 0.29) is 17.8 Å². The van der Waals surface area contributed by atoms with Gasteiger partial charge in [0, 0.05) is 13.0 Å². The number of aryl methyl sites for hydroxylation is 2. The van der Waals surface area contributed by atoms with E-state index in [9.17, 15) is 9.18 Å². The van der Waals surface area contributed by atoms with E-state index in [1.165, 1.54) is 23.5 Å². The lowest BCUT2D eigenvalue weighted by Gasteiger charge is -2.33. The van der Waals surface area contributed by atoms with Gasteiger partial charge >= 0.3 is 0 Å². The third-order valence-corrected chi connectivity index (χ3v) is 5.80. The molecule has 0 aliphatic carbocycles. The van der Waals surface area contributed by atoms with E-state index in [2.05, 4.69) is 20.5 Å². The van der Waals surface area contributed by atoms with E-state index in [1.54, 1.807) is 12.1 Å². The summed E-state index contributed by atoms with van der Waals surface area (Å²) in [4.78, 5) is 19.2. The van der Waals surface area contributed by atoms with Crippen LogP contribution in [0.3, 0.4) is 0 Å². The predicted octanol–water partition coefficient (Wildman–Crippen LogP) is 4.05. The van der Waals surface area contributed by atoms with Crippen molar-refractivity contribution in [3.8, 4) is 0 Å². The van der Waals surface area contributed by atoms with E-state index in [1.807, 2.05) is 30.0 Å². The molecule has 0 radical (unpaired) electrons. The number of ether oxygens (including phenoxy) is 1. The second-order valence-corrected chi connectivity index (χ2v) is 8.56. The second-order valence-electron chi connectivity index (χ2n) is 7.38. The largest absolute Gasteiger partial charge is 0.368 e. The average molecular weight is 442 g/mol. The Morgan fingerprint density at radius 3 is 2.87 bits per heavy atom. The topological polar surface area (TPSA) is 80.2 Å². The van der Waals surface area contributed by atoms with Gasteiger partial charge in [-0.05, 0) is 49.6 Å². The van der Waals surface area contributed by atoms with Gasteiger partial charge in [0.05, 0.1) is 18.8 Å². The van der Waals surface area contributed by atoms with Gasteiger partial charge in [-0.15, -0.1) is 10.2 Å². The molecule has 31 heavy (non-hydrogen) atoms. The lowest BCUT2D eigenvalue weighted by molar-refractivity contribution is -0.139. The van der Waals surface area contributed by atoms with E-state index in [4.69, 9.17) is 4.74 Å². The summed E-state index contributed by atoms with van der Waals surface area (Å²) in [5.41, 5.74) is 1.81. The molecular weight excluding hydrogens is 417 g/mol. The Morgan fingerprint density at radius 2 is 2.10 bits per heavy atom. The fourth-order valence-corrected chi connectivity index (χ4v) is 4.06. The van der Waals surface area contributed by atoms with E-state index < -0.39 is 0 Å². The van der Waals surface area contributed by atoms with Crippen LogP contribution in [0.25, 0.3) is 0 Å². The lowest BCUT2D eigenvalue weighted by atomic mass is 10.1. The van der Waals surface area contributed by atoms with Gasteiger partial charge in [-0.3, -0.25) is 4.79 Å². The Balaban J connectivity index is 1.32. The molecule has 1 amide bonds. The summed E-state index contributed by atoms with van der Waals surface area (Å²) in [7, 11) is 0. The summed E-state index contributed by atoms with van der Waals surface area (Å²) in [5, 5.41) is 12.8. The number of benzene rings is 1. The molecule has 0 saturated carbocycles. The summed E-state index contributed by atoms with van der Waals surface area (Å²) < 4.78 is 18.9. The molecule has 2 aromatic heterocycles. The van der Waals surface area contributed by atoms with Crippen molar-refractivity contribution in [3.05, 3.63) is 64.5 Å². The standard InChI is InChI=1S/C22H24FN5O2S/c1-15-26-27-22(31-15)25-20-6-3-5-18(24-20)19-14-28(12-13-30-19)21(29)7-2-4-16-8-10-17(23)11-9-16/h3,5-6,8-11,19H,2,4,7,12-14H2,1H3,(H,24,25,27)/t19-/m1/s1. The van der Waals surface area contributed by atoms with Gasteiger partial charge in [0.1, 0.15) is 22.7 Å². The first kappa shape index (κ1) is 21.3. The van der Waals surface area contributed by atoms with Gasteiger partial charge in [-0.2, -0.15) is 0 Å². The zero-order chi connectivity index (χ0) is 21.6. The number of rotatable bonds is 7. The highest BCUT2D eigenvalue weighted by Crippen LogP contribution is 2.24. The van der Waals surface area contributed by atoms with Crippen molar-refractivity contribution in [2.24, 2.45) is 0 Å². The molecule has 7 nitrogen and oxygen atoms in total. The molecule has 3 heterocycles. The molecule has 9 heteroatoms. The van der Waals surface area contributed by atoms with Crippen LogP contribution >= 0.6 is 11.3 Å². The predicted molar refractivity (Wildman–Crippen MR) is 117 cm³/mol. The Bertz CT molecular complexity index is 1030. The molecule has 3 aromatic rings. The number of nitrogens with one attached hydrogen (secondary N) is 1. The molecule has 1 aliphatic heterocycles. The Kier molecular flexibility index (Phi) is 6.83. The molecule has 162 valence electrons. The van der Waals surface area contributed by atoms with Crippen molar-refractivity contribution in [1.82, 2.24) is 20.1 Å². The van der Waals surface area contributed by atoms with Crippen LogP contribution in [-0.4, -0.2) is 45.7 Å². The Morgan fingerprint density at radius 1 is 1.26 bits per heavy atom.